The van der Waals surface area contributed by atoms with E-state index in [4.69, 9.17) is 27.9 Å². The van der Waals surface area contributed by atoms with Crippen LogP contribution < -0.4 is 10.6 Å². The summed E-state index contributed by atoms with van der Waals surface area (Å²) in [5.74, 6) is 0.0885. The molecular weight excluding hydrogens is 519 g/mol. The van der Waals surface area contributed by atoms with Gasteiger partial charge in [0.15, 0.2) is 23.2 Å². The quantitative estimate of drug-likeness (QED) is 0.315. The van der Waals surface area contributed by atoms with E-state index in [0.717, 1.165) is 25.8 Å². The van der Waals surface area contributed by atoms with Crippen LogP contribution in [0.25, 0.3) is 11.2 Å². The third-order valence-electron chi connectivity index (χ3n) is 6.73. The molecule has 2 aromatic heterocycles. The number of ether oxygens (including phenoxy) is 1. The number of hydrogen-bond donors (Lipinski definition) is 4. The summed E-state index contributed by atoms with van der Waals surface area (Å²) in [5.41, 5.74) is 2.69. The van der Waals surface area contributed by atoms with Crippen LogP contribution in [0.1, 0.15) is 48.7 Å². The van der Waals surface area contributed by atoms with Gasteiger partial charge < -0.3 is 25.6 Å². The van der Waals surface area contributed by atoms with Gasteiger partial charge >= 0.3 is 0 Å². The number of aliphatic hydroxyl groups is 2. The van der Waals surface area contributed by atoms with Gasteiger partial charge in [-0.15, -0.1) is 0 Å². The summed E-state index contributed by atoms with van der Waals surface area (Å²) in [6.45, 7) is 0.286. The predicted octanol–water partition coefficient (Wildman–Crippen LogP) is 3.48. The smallest absolute Gasteiger partial charge is 0.251 e. The van der Waals surface area contributed by atoms with Crippen molar-refractivity contribution in [1.29, 1.82) is 0 Å². The zero-order valence-electron chi connectivity index (χ0n) is 20.0. The summed E-state index contributed by atoms with van der Waals surface area (Å²) < 4.78 is 7.57. The molecule has 1 amide bonds. The van der Waals surface area contributed by atoms with Crippen LogP contribution in [0.15, 0.2) is 42.5 Å². The molecule has 0 unspecified atom stereocenters. The molecule has 37 heavy (non-hydrogen) atoms. The zero-order chi connectivity index (χ0) is 25.9. The van der Waals surface area contributed by atoms with Crippen molar-refractivity contribution in [3.63, 3.8) is 0 Å². The molecule has 1 saturated heterocycles. The van der Waals surface area contributed by atoms with E-state index >= 15 is 0 Å². The van der Waals surface area contributed by atoms with Gasteiger partial charge in [0.1, 0.15) is 24.6 Å². The predicted molar refractivity (Wildman–Crippen MR) is 140 cm³/mol. The number of amides is 1. The number of carbonyl (C=O) groups is 1. The first-order valence-electron chi connectivity index (χ1n) is 12.2. The normalized spacial score (nSPS) is 23.7. The van der Waals surface area contributed by atoms with Gasteiger partial charge in [-0.2, -0.15) is 0 Å². The molecule has 1 aliphatic heterocycles. The van der Waals surface area contributed by atoms with Crippen LogP contribution in [0.2, 0.25) is 10.0 Å². The van der Waals surface area contributed by atoms with Crippen LogP contribution in [-0.4, -0.2) is 67.0 Å². The molecule has 4 atom stereocenters. The second kappa shape index (κ2) is 11.3. The summed E-state index contributed by atoms with van der Waals surface area (Å²) in [7, 11) is 0. The Bertz CT molecular complexity index is 1300. The molecule has 3 aromatic rings. The van der Waals surface area contributed by atoms with Gasteiger partial charge in [-0.25, -0.2) is 15.0 Å². The van der Waals surface area contributed by atoms with E-state index in [-0.39, 0.29) is 5.56 Å². The summed E-state index contributed by atoms with van der Waals surface area (Å²) in [4.78, 5) is 26.2. The fraction of sp³-hybridized carbons (Fsp3) is 0.440. The Labute approximate surface area is 223 Å². The lowest BCUT2D eigenvalue weighted by molar-refractivity contribution is -0.0440. The highest BCUT2D eigenvalue weighted by molar-refractivity contribution is 6.35. The molecule has 1 aromatic carbocycles. The van der Waals surface area contributed by atoms with E-state index in [9.17, 15) is 15.0 Å². The van der Waals surface area contributed by atoms with Crippen molar-refractivity contribution in [2.45, 2.75) is 56.6 Å². The molecule has 5 rings (SSSR count). The molecule has 0 saturated carbocycles. The molecule has 196 valence electrons. The minimum Gasteiger partial charge on any atom is -0.394 e. The Morgan fingerprint density at radius 1 is 1.16 bits per heavy atom. The Morgan fingerprint density at radius 3 is 2.70 bits per heavy atom. The number of benzene rings is 1. The lowest BCUT2D eigenvalue weighted by Crippen LogP contribution is -2.46. The fourth-order valence-electron chi connectivity index (χ4n) is 4.85. The number of nitrogens with one attached hydrogen (secondary N) is 2. The molecule has 0 radical (unpaired) electrons. The van der Waals surface area contributed by atoms with Gasteiger partial charge in [0.2, 0.25) is 0 Å². The summed E-state index contributed by atoms with van der Waals surface area (Å²) in [6, 6.07) is 3.56. The maximum atomic E-state index is 13.0. The van der Waals surface area contributed by atoms with E-state index in [0.29, 0.717) is 27.0 Å². The van der Waals surface area contributed by atoms with Crippen LogP contribution in [0.4, 0.5) is 5.82 Å². The van der Waals surface area contributed by atoms with Crippen molar-refractivity contribution >= 4 is 46.1 Å². The number of nitrogens with zero attached hydrogens (tertiary/aromatic N) is 4. The van der Waals surface area contributed by atoms with Gasteiger partial charge in [0, 0.05) is 22.2 Å². The number of rotatable bonds is 8. The number of fused-ring (bicyclic) bond motifs is 1. The Morgan fingerprint density at radius 2 is 1.97 bits per heavy atom. The van der Waals surface area contributed by atoms with E-state index < -0.39 is 37.0 Å². The molecule has 12 heteroatoms. The third-order valence-corrected chi connectivity index (χ3v) is 7.17. The van der Waals surface area contributed by atoms with Crippen LogP contribution >= 0.6 is 23.2 Å². The zero-order valence-corrected chi connectivity index (χ0v) is 21.5. The minimum atomic E-state index is -1.19. The van der Waals surface area contributed by atoms with Gasteiger partial charge in [-0.1, -0.05) is 34.9 Å². The number of hydrogen-bond acceptors (Lipinski definition) is 8. The van der Waals surface area contributed by atoms with Crippen molar-refractivity contribution in [1.82, 2.24) is 24.8 Å². The number of imidazole rings is 1. The van der Waals surface area contributed by atoms with Crippen LogP contribution in [-0.2, 0) is 4.74 Å². The maximum Gasteiger partial charge on any atom is 0.251 e. The Hall–Kier alpha value is -2.76. The van der Waals surface area contributed by atoms with E-state index in [1.54, 1.807) is 4.57 Å². The van der Waals surface area contributed by atoms with Crippen LogP contribution in [0, 0.1) is 0 Å². The summed E-state index contributed by atoms with van der Waals surface area (Å²) in [6.07, 6.45) is 7.99. The number of aromatic nitrogens is 4. The minimum absolute atomic E-state index is 0.230. The largest absolute Gasteiger partial charge is 0.394 e. The highest BCUT2D eigenvalue weighted by atomic mass is 35.5. The number of anilines is 1. The highest BCUT2D eigenvalue weighted by Crippen LogP contribution is 2.33. The first-order chi connectivity index (χ1) is 17.9. The number of halogens is 2. The number of allylic oxidation sites excluding steroid dienone is 1. The first-order valence-corrected chi connectivity index (χ1v) is 13.0. The van der Waals surface area contributed by atoms with Crippen molar-refractivity contribution in [2.75, 3.05) is 18.5 Å². The monoisotopic (exact) mass is 546 g/mol. The molecule has 10 nitrogen and oxygen atoms in total. The number of carbonyl (C=O) groups excluding carboxylic acids is 1. The topological polar surface area (TPSA) is 134 Å². The standard InChI is InChI=1S/C25H28Cl2N6O4/c26-16-8-15(9-17(27)10-16)24(36)32-19-21(35)18(11-34)37-25(19)33-13-31-20-22(29-12-30-23(20)33)28-7-6-14-4-2-1-3-5-14/h4,8-10,12-13,18-19,21,25,34-35H,1-3,5-7,11H2,(H,32,36)(H,28,29,30)/t18-,19-,21-,25-/m1/s1. The molecule has 4 N–H and O–H groups in total. The number of aliphatic hydroxyl groups excluding tert-OH is 2. The van der Waals surface area contributed by atoms with Gasteiger partial charge in [0.25, 0.3) is 5.91 Å². The summed E-state index contributed by atoms with van der Waals surface area (Å²) in [5, 5.41) is 27.4. The fourth-order valence-corrected chi connectivity index (χ4v) is 5.38. The second-order valence-electron chi connectivity index (χ2n) is 9.23. The average molecular weight is 547 g/mol. The molecule has 0 bridgehead atoms. The van der Waals surface area contributed by atoms with Crippen LogP contribution in [0.3, 0.4) is 0 Å². The van der Waals surface area contributed by atoms with E-state index in [2.05, 4.69) is 31.7 Å². The molecule has 1 aliphatic carbocycles. The van der Waals surface area contributed by atoms with Crippen molar-refractivity contribution in [3.8, 4) is 0 Å². The van der Waals surface area contributed by atoms with Gasteiger partial charge in [-0.05, 0) is 50.3 Å². The molecule has 1 fully saturated rings. The molecule has 2 aliphatic rings. The van der Waals surface area contributed by atoms with Crippen LogP contribution in [0.5, 0.6) is 0 Å². The lowest BCUT2D eigenvalue weighted by atomic mass is 9.97. The average Bonchev–Trinajstić information content (AvgIpc) is 3.45. The molecule has 3 heterocycles. The van der Waals surface area contributed by atoms with E-state index in [1.807, 2.05) is 0 Å². The van der Waals surface area contributed by atoms with E-state index in [1.165, 1.54) is 49.3 Å². The Balaban J connectivity index is 1.38. The SMILES string of the molecule is O=C(N[C@@H]1[C@H](O)[C@@H](CO)O[C@H]1n1cnc2c(NCCC3=CCCCC3)ncnc21)c1cc(Cl)cc(Cl)c1. The van der Waals surface area contributed by atoms with Crippen molar-refractivity contribution in [3.05, 3.63) is 58.1 Å². The van der Waals surface area contributed by atoms with Crippen molar-refractivity contribution < 1.29 is 19.7 Å². The summed E-state index contributed by atoms with van der Waals surface area (Å²) >= 11 is 12.1. The Kier molecular flexibility index (Phi) is 7.92. The van der Waals surface area contributed by atoms with Gasteiger partial charge in [-0.3, -0.25) is 9.36 Å². The highest BCUT2D eigenvalue weighted by Gasteiger charge is 2.46. The first kappa shape index (κ1) is 25.9. The lowest BCUT2D eigenvalue weighted by Gasteiger charge is -2.23. The molecule has 0 spiro atoms. The molecular formula is C25H28Cl2N6O4. The third kappa shape index (κ3) is 5.58. The second-order valence-corrected chi connectivity index (χ2v) is 10.1. The van der Waals surface area contributed by atoms with Crippen molar-refractivity contribution in [2.24, 2.45) is 0 Å². The van der Waals surface area contributed by atoms with Gasteiger partial charge in [0.05, 0.1) is 12.9 Å². The maximum absolute atomic E-state index is 13.0.